The second-order valence-electron chi connectivity index (χ2n) is 5.13. The van der Waals surface area contributed by atoms with Crippen molar-refractivity contribution in [2.45, 2.75) is 6.54 Å². The molecule has 1 heterocycles. The fraction of sp³-hybridized carbons (Fsp3) is 0.111. The molecule has 1 aromatic heterocycles. The first-order chi connectivity index (χ1) is 12.0. The van der Waals surface area contributed by atoms with Gasteiger partial charge in [0.15, 0.2) is 4.80 Å². The van der Waals surface area contributed by atoms with Crippen LogP contribution in [0.25, 0.3) is 10.2 Å². The zero-order valence-corrected chi connectivity index (χ0v) is 14.9. The number of hydrogen-bond acceptors (Lipinski definition) is 3. The Morgan fingerprint density at radius 3 is 2.96 bits per heavy atom. The normalized spacial score (nSPS) is 11.7. The van der Waals surface area contributed by atoms with Crippen molar-refractivity contribution < 1.29 is 13.9 Å². The molecule has 0 fully saturated rings. The van der Waals surface area contributed by atoms with Gasteiger partial charge in [-0.3, -0.25) is 4.79 Å². The number of fused-ring (bicyclic) bond motifs is 1. The molecular formula is C18H14ClFN2O2S. The van der Waals surface area contributed by atoms with Gasteiger partial charge in [0, 0.05) is 11.6 Å². The first-order valence-corrected chi connectivity index (χ1v) is 8.56. The van der Waals surface area contributed by atoms with Crippen LogP contribution in [-0.4, -0.2) is 17.6 Å². The van der Waals surface area contributed by atoms with Gasteiger partial charge in [0.05, 0.1) is 22.9 Å². The lowest BCUT2D eigenvalue weighted by Gasteiger charge is -2.05. The van der Waals surface area contributed by atoms with E-state index >= 15 is 0 Å². The summed E-state index contributed by atoms with van der Waals surface area (Å²) in [6, 6.07) is 9.51. The standard InChI is InChI=1S/C18H14ClFN2O2S/c1-3-9-22-16-13(20)5-4-6-15(16)25-18(22)21-17(23)12-10-11(19)7-8-14(12)24-2/h3-8,10H,1,9H2,2H3. The number of benzene rings is 2. The smallest absolute Gasteiger partial charge is 0.283 e. The van der Waals surface area contributed by atoms with Crippen LogP contribution in [0.15, 0.2) is 54.0 Å². The average molecular weight is 377 g/mol. The summed E-state index contributed by atoms with van der Waals surface area (Å²) in [5.74, 6) is -0.505. The van der Waals surface area contributed by atoms with Gasteiger partial charge in [-0.1, -0.05) is 35.1 Å². The third kappa shape index (κ3) is 3.36. The minimum Gasteiger partial charge on any atom is -0.496 e. The van der Waals surface area contributed by atoms with Crippen molar-refractivity contribution in [1.29, 1.82) is 0 Å². The third-order valence-corrected chi connectivity index (χ3v) is 4.83. The lowest BCUT2D eigenvalue weighted by molar-refractivity contribution is 0.0995. The molecule has 0 saturated carbocycles. The Labute approximate surface area is 152 Å². The summed E-state index contributed by atoms with van der Waals surface area (Å²) in [7, 11) is 1.47. The van der Waals surface area contributed by atoms with Gasteiger partial charge in [-0.05, 0) is 30.3 Å². The highest BCUT2D eigenvalue weighted by atomic mass is 35.5. The van der Waals surface area contributed by atoms with Crippen LogP contribution in [0, 0.1) is 5.82 Å². The fourth-order valence-electron chi connectivity index (χ4n) is 2.47. The third-order valence-electron chi connectivity index (χ3n) is 3.55. The maximum Gasteiger partial charge on any atom is 0.283 e. The highest BCUT2D eigenvalue weighted by molar-refractivity contribution is 7.16. The van der Waals surface area contributed by atoms with E-state index in [-0.39, 0.29) is 11.4 Å². The molecule has 0 bridgehead atoms. The fourth-order valence-corrected chi connectivity index (χ4v) is 3.69. The minimum absolute atomic E-state index is 0.248. The SMILES string of the molecule is C=CCn1c(=NC(=O)c2cc(Cl)ccc2OC)sc2cccc(F)c21. The number of rotatable bonds is 4. The zero-order chi connectivity index (χ0) is 18.0. The van der Waals surface area contributed by atoms with E-state index in [1.54, 1.807) is 34.9 Å². The van der Waals surface area contributed by atoms with Gasteiger partial charge in [-0.25, -0.2) is 4.39 Å². The number of ether oxygens (including phenoxy) is 1. The monoisotopic (exact) mass is 376 g/mol. The lowest BCUT2D eigenvalue weighted by atomic mass is 10.2. The second-order valence-corrected chi connectivity index (χ2v) is 6.58. The van der Waals surface area contributed by atoms with Gasteiger partial charge >= 0.3 is 0 Å². The molecule has 7 heteroatoms. The maximum atomic E-state index is 14.2. The Hall–Kier alpha value is -2.44. The lowest BCUT2D eigenvalue weighted by Crippen LogP contribution is -2.17. The first kappa shape index (κ1) is 17.4. The number of carbonyl (C=O) groups excluding carboxylic acids is 1. The second kappa shape index (κ2) is 7.21. The van der Waals surface area contributed by atoms with Crippen LogP contribution in [0.2, 0.25) is 5.02 Å². The number of hydrogen-bond donors (Lipinski definition) is 0. The molecule has 1 amide bonds. The van der Waals surface area contributed by atoms with Crippen LogP contribution in [0.5, 0.6) is 5.75 Å². The van der Waals surface area contributed by atoms with E-state index in [4.69, 9.17) is 16.3 Å². The summed E-state index contributed by atoms with van der Waals surface area (Å²) in [5, 5.41) is 0.403. The first-order valence-electron chi connectivity index (χ1n) is 7.36. The molecule has 0 aliphatic heterocycles. The Morgan fingerprint density at radius 2 is 2.24 bits per heavy atom. The number of thiazole rings is 1. The van der Waals surface area contributed by atoms with Crippen LogP contribution in [-0.2, 0) is 6.54 Å². The number of para-hydroxylation sites is 1. The molecule has 0 aliphatic carbocycles. The predicted molar refractivity (Wildman–Crippen MR) is 97.9 cm³/mol. The molecule has 3 rings (SSSR count). The summed E-state index contributed by atoms with van der Waals surface area (Å²) >= 11 is 7.20. The van der Waals surface area contributed by atoms with Crippen LogP contribution in [0.4, 0.5) is 4.39 Å². The van der Waals surface area contributed by atoms with Crippen LogP contribution < -0.4 is 9.54 Å². The van der Waals surface area contributed by atoms with Crippen molar-refractivity contribution in [3.05, 3.63) is 70.3 Å². The highest BCUT2D eigenvalue weighted by Gasteiger charge is 2.15. The van der Waals surface area contributed by atoms with E-state index in [9.17, 15) is 9.18 Å². The molecule has 0 saturated heterocycles. The largest absolute Gasteiger partial charge is 0.496 e. The Kier molecular flexibility index (Phi) is 5.01. The molecule has 0 radical (unpaired) electrons. The zero-order valence-electron chi connectivity index (χ0n) is 13.3. The molecule has 0 atom stereocenters. The van der Waals surface area contributed by atoms with Crippen molar-refractivity contribution >= 4 is 39.1 Å². The molecule has 0 unspecified atom stereocenters. The van der Waals surface area contributed by atoms with E-state index in [1.165, 1.54) is 30.6 Å². The van der Waals surface area contributed by atoms with Gasteiger partial charge in [0.2, 0.25) is 0 Å². The quantitative estimate of drug-likeness (QED) is 0.632. The van der Waals surface area contributed by atoms with E-state index in [0.29, 0.717) is 32.3 Å². The number of aromatic nitrogens is 1. The maximum absolute atomic E-state index is 14.2. The van der Waals surface area contributed by atoms with E-state index in [1.807, 2.05) is 0 Å². The summed E-state index contributed by atoms with van der Waals surface area (Å²) in [5.41, 5.74) is 0.648. The van der Waals surface area contributed by atoms with Crippen molar-refractivity contribution in [2.24, 2.45) is 4.99 Å². The summed E-state index contributed by atoms with van der Waals surface area (Å²) in [6.45, 7) is 4.02. The molecule has 3 aromatic rings. The van der Waals surface area contributed by atoms with Crippen molar-refractivity contribution in [3.63, 3.8) is 0 Å². The van der Waals surface area contributed by atoms with Gasteiger partial charge in [-0.2, -0.15) is 4.99 Å². The molecule has 25 heavy (non-hydrogen) atoms. The molecule has 4 nitrogen and oxygen atoms in total. The van der Waals surface area contributed by atoms with Crippen LogP contribution in [0.1, 0.15) is 10.4 Å². The molecule has 0 N–H and O–H groups in total. The molecule has 2 aromatic carbocycles. The van der Waals surface area contributed by atoms with Gasteiger partial charge in [-0.15, -0.1) is 6.58 Å². The number of methoxy groups -OCH3 is 1. The molecule has 0 spiro atoms. The van der Waals surface area contributed by atoms with Crippen LogP contribution in [0.3, 0.4) is 0 Å². The van der Waals surface area contributed by atoms with E-state index < -0.39 is 5.91 Å². The molecule has 0 aliphatic rings. The minimum atomic E-state index is -0.510. The topological polar surface area (TPSA) is 43.6 Å². The number of nitrogens with zero attached hydrogens (tertiary/aromatic N) is 2. The van der Waals surface area contributed by atoms with Gasteiger partial charge < -0.3 is 9.30 Å². The number of allylic oxidation sites excluding steroid dienone is 1. The summed E-state index contributed by atoms with van der Waals surface area (Å²) in [6.07, 6.45) is 1.63. The Morgan fingerprint density at radius 1 is 1.44 bits per heavy atom. The van der Waals surface area contributed by atoms with Crippen LogP contribution >= 0.6 is 22.9 Å². The number of halogens is 2. The van der Waals surface area contributed by atoms with Crippen molar-refractivity contribution in [3.8, 4) is 5.75 Å². The molecule has 128 valence electrons. The average Bonchev–Trinajstić information content (AvgIpc) is 2.94. The predicted octanol–water partition coefficient (Wildman–Crippen LogP) is 4.43. The van der Waals surface area contributed by atoms with Gasteiger partial charge in [0.25, 0.3) is 5.91 Å². The number of carbonyl (C=O) groups is 1. The highest BCUT2D eigenvalue weighted by Crippen LogP contribution is 2.24. The van der Waals surface area contributed by atoms with Crippen molar-refractivity contribution in [2.75, 3.05) is 7.11 Å². The summed E-state index contributed by atoms with van der Waals surface area (Å²) in [4.78, 5) is 17.2. The van der Waals surface area contributed by atoms with Gasteiger partial charge in [0.1, 0.15) is 11.6 Å². The number of amides is 1. The van der Waals surface area contributed by atoms with Crippen molar-refractivity contribution in [1.82, 2.24) is 4.57 Å². The van der Waals surface area contributed by atoms with E-state index in [2.05, 4.69) is 11.6 Å². The Balaban J connectivity index is 2.20. The van der Waals surface area contributed by atoms with E-state index in [0.717, 1.165) is 0 Å². The summed E-state index contributed by atoms with van der Waals surface area (Å²) < 4.78 is 21.7. The molecular weight excluding hydrogens is 363 g/mol. The Bertz CT molecular complexity index is 1040.